The highest BCUT2D eigenvalue weighted by molar-refractivity contribution is 6.26. The number of fused-ring (bicyclic) bond motifs is 12. The van der Waals surface area contributed by atoms with Gasteiger partial charge in [-0.15, -0.1) is 0 Å². The van der Waals surface area contributed by atoms with Gasteiger partial charge in [0, 0.05) is 0 Å². The summed E-state index contributed by atoms with van der Waals surface area (Å²) in [5.74, 6) is 0. The molecule has 0 N–H and O–H groups in total. The van der Waals surface area contributed by atoms with Crippen molar-refractivity contribution in [3.8, 4) is 134 Å². The largest absolute Gasteiger partial charge is 0.0622 e. The Morgan fingerprint density at radius 3 is 0.535 bits per heavy atom. The zero-order valence-electron chi connectivity index (χ0n) is 79.4. The Kier molecular flexibility index (Phi) is 23.3. The quantitative estimate of drug-likeness (QED) is 0.107. The van der Waals surface area contributed by atoms with Gasteiger partial charge in [-0.25, -0.2) is 0 Å². The molecule has 0 fully saturated rings. The Morgan fingerprint density at radius 2 is 0.236 bits per heavy atom. The van der Waals surface area contributed by atoms with Crippen LogP contribution in [0.5, 0.6) is 0 Å². The Labute approximate surface area is 838 Å². The molecule has 0 heterocycles. The summed E-state index contributed by atoms with van der Waals surface area (Å²) in [6.07, 6.45) is 0. The lowest BCUT2D eigenvalue weighted by atomic mass is 9.85. The molecule has 0 aliphatic rings. The maximum Gasteiger partial charge on any atom is -0.00262 e. The van der Waals surface area contributed by atoms with E-state index >= 15 is 0 Å². The van der Waals surface area contributed by atoms with Gasteiger partial charge >= 0.3 is 0 Å². The van der Waals surface area contributed by atoms with Crippen LogP contribution < -0.4 is 0 Å². The summed E-state index contributed by atoms with van der Waals surface area (Å²) in [6, 6.07) is 211. The molecule has 0 saturated heterocycles. The highest BCUT2D eigenvalue weighted by Gasteiger charge is 2.24. The summed E-state index contributed by atoms with van der Waals surface area (Å²) in [6.45, 7) is 0. The van der Waals surface area contributed by atoms with Crippen LogP contribution in [-0.2, 0) is 0 Å². The topological polar surface area (TPSA) is 0 Å². The molecule has 0 aromatic heterocycles. The molecule has 0 atom stereocenters. The molecule has 28 aromatic rings. The first-order valence-electron chi connectivity index (χ1n) is 49.8. The van der Waals surface area contributed by atoms with Crippen LogP contribution in [0.2, 0.25) is 0 Å². The minimum atomic E-state index is 1.23. The van der Waals surface area contributed by atoms with Gasteiger partial charge in [0.25, 0.3) is 0 Å². The Balaban J connectivity index is 0.000000101. The summed E-state index contributed by atoms with van der Waals surface area (Å²) in [5, 5.41) is 30.8. The second-order valence-corrected chi connectivity index (χ2v) is 37.3. The van der Waals surface area contributed by atoms with E-state index in [1.54, 1.807) is 0 Å². The first kappa shape index (κ1) is 86.8. The standard InChI is InChI=1S/4C36H24/c1-2-13-26(14-3-1)35-31-19-6-8-21-33(31)36(34-22-9-7-20-32(34)35)28-17-10-16-27(24-28)30-23-11-15-25-12-4-5-18-29(25)30;1-2-12-27(13-3-1)35-31-16-6-8-18-33(31)36(34-19-9-7-17-32(34)35)28-23-21-26(22-24-28)30-20-10-14-25-11-4-5-15-29(25)30;1-2-12-26(13-3-1)35-31-17-6-8-19-33(31)36(34-20-9-7-18-32(34)35)30-16-10-15-28(24-30)29-22-21-25-11-4-5-14-27(25)23-29;1-2-11-27(12-3-1)35-31-14-6-8-16-33(31)36(34-17-9-7-15-32(34)35)28-21-18-26(19-22-28)30-23-20-25-10-4-5-13-29(25)24-30/h4*1-24H. The molecule has 0 heteroatoms. The fourth-order valence-electron chi connectivity index (χ4n) is 22.5. The number of hydrogen-bond acceptors (Lipinski definition) is 0. The normalized spacial score (nSPS) is 11.3. The van der Waals surface area contributed by atoms with Crippen LogP contribution in [0, 0.1) is 0 Å². The number of hydrogen-bond donors (Lipinski definition) is 0. The molecule has 28 aromatic carbocycles. The Morgan fingerprint density at radius 1 is 0.0694 bits per heavy atom. The number of rotatable bonds is 12. The number of benzene rings is 28. The molecule has 0 aliphatic heterocycles. The van der Waals surface area contributed by atoms with E-state index in [0.29, 0.717) is 0 Å². The third-order valence-electron chi connectivity index (χ3n) is 29.0. The fourth-order valence-corrected chi connectivity index (χ4v) is 22.5. The fraction of sp³-hybridized carbons (Fsp3) is 0. The van der Waals surface area contributed by atoms with E-state index in [2.05, 4.69) is 582 Å². The van der Waals surface area contributed by atoms with Gasteiger partial charge in [-0.2, -0.15) is 0 Å². The van der Waals surface area contributed by atoms with E-state index in [4.69, 9.17) is 0 Å². The predicted octanol–water partition coefficient (Wildman–Crippen LogP) is 40.6. The molecular formula is C144H96. The Hall–Kier alpha value is -18.7. The third-order valence-corrected chi connectivity index (χ3v) is 29.0. The van der Waals surface area contributed by atoms with Gasteiger partial charge in [-0.3, -0.25) is 0 Å². The molecule has 0 unspecified atom stereocenters. The van der Waals surface area contributed by atoms with Gasteiger partial charge in [0.1, 0.15) is 0 Å². The summed E-state index contributed by atoms with van der Waals surface area (Å²) >= 11 is 0. The van der Waals surface area contributed by atoms with Crippen molar-refractivity contribution in [2.24, 2.45) is 0 Å². The van der Waals surface area contributed by atoms with Crippen molar-refractivity contribution in [2.75, 3.05) is 0 Å². The minimum Gasteiger partial charge on any atom is -0.0622 e. The highest BCUT2D eigenvalue weighted by Crippen LogP contribution is 2.51. The first-order chi connectivity index (χ1) is 71.5. The van der Waals surface area contributed by atoms with Crippen LogP contribution in [-0.4, -0.2) is 0 Å². The molecule has 0 nitrogen and oxygen atoms in total. The van der Waals surface area contributed by atoms with Gasteiger partial charge in [0.15, 0.2) is 0 Å². The van der Waals surface area contributed by atoms with Crippen molar-refractivity contribution in [3.63, 3.8) is 0 Å². The lowest BCUT2D eigenvalue weighted by molar-refractivity contribution is 1.62. The maximum atomic E-state index is 2.36. The highest BCUT2D eigenvalue weighted by atomic mass is 14.3. The van der Waals surface area contributed by atoms with Crippen LogP contribution in [0.3, 0.4) is 0 Å². The van der Waals surface area contributed by atoms with E-state index in [9.17, 15) is 0 Å². The van der Waals surface area contributed by atoms with Gasteiger partial charge in [-0.05, 0) is 287 Å². The molecule has 0 saturated carbocycles. The van der Waals surface area contributed by atoms with E-state index in [1.165, 1.54) is 263 Å². The zero-order chi connectivity index (χ0) is 95.6. The molecule has 0 bridgehead atoms. The van der Waals surface area contributed by atoms with Crippen molar-refractivity contribution >= 4 is 129 Å². The van der Waals surface area contributed by atoms with Gasteiger partial charge in [0.05, 0.1) is 0 Å². The average Bonchev–Trinajstić information content (AvgIpc) is 0.744. The second kappa shape index (κ2) is 38.6. The summed E-state index contributed by atoms with van der Waals surface area (Å²) < 4.78 is 0. The molecule has 0 amide bonds. The van der Waals surface area contributed by atoms with E-state index in [0.717, 1.165) is 0 Å². The third kappa shape index (κ3) is 16.4. The summed E-state index contributed by atoms with van der Waals surface area (Å²) in [5.41, 5.74) is 30.3. The van der Waals surface area contributed by atoms with Crippen LogP contribution in [0.1, 0.15) is 0 Å². The molecule has 0 radical (unpaired) electrons. The van der Waals surface area contributed by atoms with Crippen molar-refractivity contribution in [2.45, 2.75) is 0 Å². The molecule has 0 spiro atoms. The van der Waals surface area contributed by atoms with E-state index < -0.39 is 0 Å². The second-order valence-electron chi connectivity index (χ2n) is 37.3. The Bertz CT molecular complexity index is 9450. The predicted molar refractivity (Wildman–Crippen MR) is 621 cm³/mol. The summed E-state index contributed by atoms with van der Waals surface area (Å²) in [4.78, 5) is 0. The lowest BCUT2D eigenvalue weighted by Crippen LogP contribution is -1.91. The van der Waals surface area contributed by atoms with Gasteiger partial charge in [-0.1, -0.05) is 558 Å². The van der Waals surface area contributed by atoms with Crippen LogP contribution in [0.25, 0.3) is 263 Å². The van der Waals surface area contributed by atoms with E-state index in [-0.39, 0.29) is 0 Å². The molecule has 0 aliphatic carbocycles. The molecule has 28 rings (SSSR count). The first-order valence-corrected chi connectivity index (χ1v) is 49.8. The zero-order valence-corrected chi connectivity index (χ0v) is 79.4. The van der Waals surface area contributed by atoms with Crippen molar-refractivity contribution in [1.29, 1.82) is 0 Å². The maximum absolute atomic E-state index is 2.36. The van der Waals surface area contributed by atoms with Crippen LogP contribution >= 0.6 is 0 Å². The van der Waals surface area contributed by atoms with Crippen molar-refractivity contribution in [1.82, 2.24) is 0 Å². The van der Waals surface area contributed by atoms with Gasteiger partial charge < -0.3 is 0 Å². The monoisotopic (exact) mass is 1820 g/mol. The molecule has 144 heavy (non-hydrogen) atoms. The smallest absolute Gasteiger partial charge is 0.00262 e. The molecule has 672 valence electrons. The average molecular weight is 1830 g/mol. The van der Waals surface area contributed by atoms with Gasteiger partial charge in [0.2, 0.25) is 0 Å². The SMILES string of the molecule is c1ccc(-c2c3ccccc3c(-c3ccc(-c4ccc5ccccc5c4)cc3)c3ccccc23)cc1.c1ccc(-c2c3ccccc3c(-c3ccc(-c4cccc5ccccc45)cc3)c3ccccc23)cc1.c1ccc(-c2c3ccccc3c(-c3cccc(-c4ccc5ccccc5c4)c3)c3ccccc23)cc1.c1ccc(-c2c3ccccc3c(-c3cccc(-c4cccc5ccccc45)c3)c3ccccc23)cc1. The molecular weight excluding hydrogens is 1730 g/mol. The lowest BCUT2D eigenvalue weighted by Gasteiger charge is -2.18. The minimum absolute atomic E-state index is 1.23. The van der Waals surface area contributed by atoms with Crippen LogP contribution in [0.4, 0.5) is 0 Å². The van der Waals surface area contributed by atoms with Crippen molar-refractivity contribution < 1.29 is 0 Å². The summed E-state index contributed by atoms with van der Waals surface area (Å²) in [7, 11) is 0. The van der Waals surface area contributed by atoms with Crippen molar-refractivity contribution in [3.05, 3.63) is 582 Å². The van der Waals surface area contributed by atoms with E-state index in [1.807, 2.05) is 0 Å². The van der Waals surface area contributed by atoms with Crippen LogP contribution in [0.15, 0.2) is 582 Å².